The summed E-state index contributed by atoms with van der Waals surface area (Å²) in [5.74, 6) is 0.236. The molecule has 0 aliphatic carbocycles. The smallest absolute Gasteiger partial charge is 0.143 e. The second kappa shape index (κ2) is 6.15. The summed E-state index contributed by atoms with van der Waals surface area (Å²) in [6, 6.07) is 3.82. The van der Waals surface area contributed by atoms with Gasteiger partial charge in [0.2, 0.25) is 0 Å². The number of hydrogen-bond acceptors (Lipinski definition) is 4. The molecule has 1 aliphatic rings. The zero-order chi connectivity index (χ0) is 12.3. The summed E-state index contributed by atoms with van der Waals surface area (Å²) in [5, 5.41) is 11.8. The first-order valence-corrected chi connectivity index (χ1v) is 6.98. The molecule has 6 heteroatoms. The third-order valence-corrected chi connectivity index (χ3v) is 3.80. The third-order valence-electron chi connectivity index (χ3n) is 2.59. The fraction of sp³-hybridized carbons (Fsp3) is 0.455. The molecule has 0 bridgehead atoms. The van der Waals surface area contributed by atoms with Crippen molar-refractivity contribution < 1.29 is 9.84 Å². The van der Waals surface area contributed by atoms with Crippen LogP contribution in [-0.4, -0.2) is 36.4 Å². The van der Waals surface area contributed by atoms with E-state index in [0.29, 0.717) is 8.95 Å². The van der Waals surface area contributed by atoms with Crippen LogP contribution in [0.5, 0.6) is 5.75 Å². The predicted octanol–water partition coefficient (Wildman–Crippen LogP) is 2.25. The van der Waals surface area contributed by atoms with Crippen LogP contribution < -0.4 is 5.43 Å². The van der Waals surface area contributed by atoms with E-state index in [4.69, 9.17) is 4.74 Å². The molecule has 2 rings (SSSR count). The summed E-state index contributed by atoms with van der Waals surface area (Å²) in [6.07, 6.45) is 0. The number of ether oxygens (including phenoxy) is 1. The lowest BCUT2D eigenvalue weighted by molar-refractivity contribution is 0.0105. The molecule has 1 saturated heterocycles. The molecule has 1 aromatic rings. The van der Waals surface area contributed by atoms with Crippen LogP contribution in [0.4, 0.5) is 0 Å². The van der Waals surface area contributed by atoms with Crippen molar-refractivity contribution in [2.45, 2.75) is 6.54 Å². The quantitative estimate of drug-likeness (QED) is 0.862. The number of benzene rings is 1. The van der Waals surface area contributed by atoms with Crippen molar-refractivity contribution in [3.63, 3.8) is 0 Å². The van der Waals surface area contributed by atoms with Crippen molar-refractivity contribution >= 4 is 31.9 Å². The van der Waals surface area contributed by atoms with Crippen molar-refractivity contribution in [2.24, 2.45) is 0 Å². The highest BCUT2D eigenvalue weighted by atomic mass is 79.9. The fourth-order valence-corrected chi connectivity index (χ4v) is 2.93. The molecule has 0 radical (unpaired) electrons. The van der Waals surface area contributed by atoms with Gasteiger partial charge in [0.25, 0.3) is 0 Å². The minimum Gasteiger partial charge on any atom is -0.506 e. The standard InChI is InChI=1S/C11H14Br2N2O2/c12-9-5-8(6-10(13)11(9)16)7-14-15-1-3-17-4-2-15/h5-6,14,16H,1-4,7H2. The summed E-state index contributed by atoms with van der Waals surface area (Å²) in [7, 11) is 0. The zero-order valence-corrected chi connectivity index (χ0v) is 12.4. The topological polar surface area (TPSA) is 44.7 Å². The van der Waals surface area contributed by atoms with Gasteiger partial charge < -0.3 is 9.84 Å². The van der Waals surface area contributed by atoms with Gasteiger partial charge in [0, 0.05) is 19.6 Å². The number of phenolic OH excluding ortho intramolecular Hbond substituents is 1. The van der Waals surface area contributed by atoms with Gasteiger partial charge in [-0.2, -0.15) is 0 Å². The van der Waals surface area contributed by atoms with Gasteiger partial charge >= 0.3 is 0 Å². The Balaban J connectivity index is 1.94. The monoisotopic (exact) mass is 364 g/mol. The molecule has 0 unspecified atom stereocenters. The summed E-state index contributed by atoms with van der Waals surface area (Å²) in [6.45, 7) is 4.09. The number of hydrogen-bond donors (Lipinski definition) is 2. The molecule has 4 nitrogen and oxygen atoms in total. The Morgan fingerprint density at radius 3 is 2.41 bits per heavy atom. The van der Waals surface area contributed by atoms with E-state index in [9.17, 15) is 5.11 Å². The maximum Gasteiger partial charge on any atom is 0.143 e. The van der Waals surface area contributed by atoms with Gasteiger partial charge in [-0.15, -0.1) is 0 Å². The Hall–Kier alpha value is -0.140. The molecule has 17 heavy (non-hydrogen) atoms. The third kappa shape index (κ3) is 3.66. The first kappa shape index (κ1) is 13.3. The maximum absolute atomic E-state index is 9.61. The SMILES string of the molecule is Oc1c(Br)cc(CNN2CCOCC2)cc1Br. The van der Waals surface area contributed by atoms with Crippen LogP contribution in [0.2, 0.25) is 0 Å². The number of phenols is 1. The molecule has 0 atom stereocenters. The number of halogens is 2. The molecule has 1 aliphatic heterocycles. The van der Waals surface area contributed by atoms with Crippen molar-refractivity contribution in [3.05, 3.63) is 26.6 Å². The predicted molar refractivity (Wildman–Crippen MR) is 72.7 cm³/mol. The minimum atomic E-state index is 0.236. The molecule has 1 aromatic carbocycles. The number of aromatic hydroxyl groups is 1. The highest BCUT2D eigenvalue weighted by Crippen LogP contribution is 2.33. The van der Waals surface area contributed by atoms with E-state index in [1.165, 1.54) is 0 Å². The second-order valence-corrected chi connectivity index (χ2v) is 5.55. The Morgan fingerprint density at radius 1 is 1.24 bits per heavy atom. The Kier molecular flexibility index (Phi) is 4.81. The van der Waals surface area contributed by atoms with Crippen LogP contribution in [0.25, 0.3) is 0 Å². The highest BCUT2D eigenvalue weighted by Gasteiger charge is 2.10. The van der Waals surface area contributed by atoms with Crippen LogP contribution in [0, 0.1) is 0 Å². The van der Waals surface area contributed by atoms with E-state index < -0.39 is 0 Å². The second-order valence-electron chi connectivity index (χ2n) is 3.84. The van der Waals surface area contributed by atoms with E-state index in [-0.39, 0.29) is 5.75 Å². The van der Waals surface area contributed by atoms with Gasteiger partial charge in [0.15, 0.2) is 0 Å². The average Bonchev–Trinajstić information content (AvgIpc) is 2.34. The molecule has 94 valence electrons. The van der Waals surface area contributed by atoms with Crippen LogP contribution in [0.3, 0.4) is 0 Å². The van der Waals surface area contributed by atoms with Gasteiger partial charge in [-0.1, -0.05) is 0 Å². The summed E-state index contributed by atoms with van der Waals surface area (Å²) in [5.41, 5.74) is 4.45. The number of nitrogens with zero attached hydrogens (tertiary/aromatic N) is 1. The van der Waals surface area contributed by atoms with Crippen molar-refractivity contribution in [2.75, 3.05) is 26.3 Å². The number of hydrazine groups is 1. The lowest BCUT2D eigenvalue weighted by atomic mass is 10.2. The van der Waals surface area contributed by atoms with E-state index in [2.05, 4.69) is 42.3 Å². The lowest BCUT2D eigenvalue weighted by Gasteiger charge is -2.27. The molecule has 1 fully saturated rings. The van der Waals surface area contributed by atoms with Gasteiger partial charge in [-0.25, -0.2) is 5.01 Å². The number of rotatable bonds is 3. The first-order valence-electron chi connectivity index (χ1n) is 5.40. The largest absolute Gasteiger partial charge is 0.506 e. The number of nitrogens with one attached hydrogen (secondary N) is 1. The van der Waals surface area contributed by atoms with Gasteiger partial charge in [0.1, 0.15) is 5.75 Å². The van der Waals surface area contributed by atoms with E-state index in [0.717, 1.165) is 38.4 Å². The molecule has 0 aromatic heterocycles. The van der Waals surface area contributed by atoms with Gasteiger partial charge in [-0.3, -0.25) is 5.43 Å². The van der Waals surface area contributed by atoms with E-state index >= 15 is 0 Å². The summed E-state index contributed by atoms with van der Waals surface area (Å²) in [4.78, 5) is 0. The normalized spacial score (nSPS) is 17.3. The molecular weight excluding hydrogens is 352 g/mol. The molecule has 0 saturated carbocycles. The summed E-state index contributed by atoms with van der Waals surface area (Å²) < 4.78 is 6.68. The average molecular weight is 366 g/mol. The van der Waals surface area contributed by atoms with Gasteiger partial charge in [0.05, 0.1) is 22.2 Å². The van der Waals surface area contributed by atoms with Crippen molar-refractivity contribution in [3.8, 4) is 5.75 Å². The van der Waals surface area contributed by atoms with E-state index in [1.54, 1.807) is 0 Å². The zero-order valence-electron chi connectivity index (χ0n) is 9.25. The molecule has 0 amide bonds. The first-order chi connectivity index (χ1) is 8.16. The molecule has 2 N–H and O–H groups in total. The van der Waals surface area contributed by atoms with Crippen LogP contribution >= 0.6 is 31.9 Å². The van der Waals surface area contributed by atoms with Crippen LogP contribution in [-0.2, 0) is 11.3 Å². The maximum atomic E-state index is 9.61. The Labute approximate surface area is 117 Å². The fourth-order valence-electron chi connectivity index (χ4n) is 1.64. The molecule has 0 spiro atoms. The Morgan fingerprint density at radius 2 is 1.82 bits per heavy atom. The van der Waals surface area contributed by atoms with Crippen molar-refractivity contribution in [1.29, 1.82) is 0 Å². The van der Waals surface area contributed by atoms with Crippen molar-refractivity contribution in [1.82, 2.24) is 10.4 Å². The highest BCUT2D eigenvalue weighted by molar-refractivity contribution is 9.11. The van der Waals surface area contributed by atoms with Crippen LogP contribution in [0.15, 0.2) is 21.1 Å². The lowest BCUT2D eigenvalue weighted by Crippen LogP contribution is -2.45. The van der Waals surface area contributed by atoms with E-state index in [1.807, 2.05) is 12.1 Å². The Bertz CT molecular complexity index is 372. The summed E-state index contributed by atoms with van der Waals surface area (Å²) >= 11 is 6.64. The van der Waals surface area contributed by atoms with Gasteiger partial charge in [-0.05, 0) is 49.6 Å². The molecule has 1 heterocycles. The molecular formula is C11H14Br2N2O2. The number of morpholine rings is 1. The van der Waals surface area contributed by atoms with Crippen LogP contribution in [0.1, 0.15) is 5.56 Å². The minimum absolute atomic E-state index is 0.236.